The summed E-state index contributed by atoms with van der Waals surface area (Å²) in [5.41, 5.74) is 21.8. The Balaban J connectivity index is 1.41. The number of hydrogen-bond donors (Lipinski definition) is 6. The van der Waals surface area contributed by atoms with Crippen molar-refractivity contribution in [3.63, 3.8) is 0 Å². The van der Waals surface area contributed by atoms with E-state index in [9.17, 15) is 19.2 Å². The largest absolute Gasteiger partial charge is 0.491 e. The van der Waals surface area contributed by atoms with Crippen LogP contribution >= 0.6 is 11.8 Å². The highest BCUT2D eigenvalue weighted by Gasteiger charge is 2.23. The van der Waals surface area contributed by atoms with Gasteiger partial charge < -0.3 is 41.1 Å². The van der Waals surface area contributed by atoms with E-state index in [-0.39, 0.29) is 48.4 Å². The molecule has 358 valence electrons. The highest BCUT2D eigenvalue weighted by atomic mass is 32.2. The highest BCUT2D eigenvalue weighted by Crippen LogP contribution is 2.33. The van der Waals surface area contributed by atoms with Crippen molar-refractivity contribution in [2.75, 3.05) is 54.8 Å². The average molecular weight is 948 g/mol. The number of nitrogens with two attached hydrogens (primary N) is 3. The number of imidazole rings is 2. The Morgan fingerprint density at radius 1 is 0.838 bits per heavy atom. The summed E-state index contributed by atoms with van der Waals surface area (Å²) in [4.78, 5) is 66.6. The van der Waals surface area contributed by atoms with E-state index in [0.717, 1.165) is 17.9 Å². The Hall–Kier alpha value is -7.88. The van der Waals surface area contributed by atoms with Crippen molar-refractivity contribution in [3.8, 4) is 11.5 Å². The number of nitrogens with zero attached hydrogens (tertiary/aromatic N) is 9. The van der Waals surface area contributed by atoms with Crippen molar-refractivity contribution in [2.24, 2.45) is 22.2 Å². The van der Waals surface area contributed by atoms with Gasteiger partial charge in [0.05, 0.1) is 41.8 Å². The van der Waals surface area contributed by atoms with Crippen LogP contribution in [0.2, 0.25) is 0 Å². The molecule has 68 heavy (non-hydrogen) atoms. The lowest BCUT2D eigenvalue weighted by Crippen LogP contribution is -2.24. The molecular formula is C46H57N15O6S. The molecule has 2 aromatic carbocycles. The van der Waals surface area contributed by atoms with E-state index in [2.05, 4.69) is 31.1 Å². The Bertz CT molecular complexity index is 2930. The molecule has 0 saturated heterocycles. The normalized spacial score (nSPS) is 12.1. The minimum absolute atomic E-state index is 0.0979. The van der Waals surface area contributed by atoms with Crippen LogP contribution in [0, 0.1) is 6.92 Å². The van der Waals surface area contributed by atoms with Gasteiger partial charge in [0.25, 0.3) is 11.8 Å². The van der Waals surface area contributed by atoms with Gasteiger partial charge in [-0.05, 0) is 88.6 Å². The van der Waals surface area contributed by atoms with E-state index in [1.807, 2.05) is 50.7 Å². The van der Waals surface area contributed by atoms with Crippen LogP contribution in [-0.4, -0.2) is 107 Å². The monoisotopic (exact) mass is 947 g/mol. The minimum atomic E-state index is -0.693. The Morgan fingerprint density at radius 3 is 2.01 bits per heavy atom. The van der Waals surface area contributed by atoms with Gasteiger partial charge in [0.2, 0.25) is 23.7 Å². The molecule has 0 fully saturated rings. The number of thioether (sulfide) groups is 1. The molecule has 4 amide bonds. The van der Waals surface area contributed by atoms with Crippen LogP contribution in [0.3, 0.4) is 0 Å². The van der Waals surface area contributed by atoms with Gasteiger partial charge in [-0.3, -0.25) is 44.2 Å². The topological polar surface area (TPSA) is 285 Å². The zero-order valence-corrected chi connectivity index (χ0v) is 39.7. The molecule has 21 nitrogen and oxygen atoms in total. The van der Waals surface area contributed by atoms with E-state index < -0.39 is 23.6 Å². The van der Waals surface area contributed by atoms with Crippen LogP contribution < -0.4 is 42.6 Å². The lowest BCUT2D eigenvalue weighted by molar-refractivity contribution is -0.110. The van der Waals surface area contributed by atoms with Crippen LogP contribution in [0.15, 0.2) is 83.8 Å². The zero-order chi connectivity index (χ0) is 48.9. The summed E-state index contributed by atoms with van der Waals surface area (Å²) in [5, 5.41) is 17.6. The molecule has 6 rings (SSSR count). The number of fused-ring (bicyclic) bond motifs is 2. The summed E-state index contributed by atoms with van der Waals surface area (Å²) in [6.07, 6.45) is 15.2. The zero-order valence-electron chi connectivity index (χ0n) is 38.9. The van der Waals surface area contributed by atoms with Crippen molar-refractivity contribution < 1.29 is 28.7 Å². The van der Waals surface area contributed by atoms with Crippen LogP contribution in [0.1, 0.15) is 64.1 Å². The molecule has 0 spiro atoms. The molecule has 22 heteroatoms. The molecule has 0 aliphatic carbocycles. The molecule has 0 aliphatic heterocycles. The smallest absolute Gasteiger partial charge is 0.276 e. The van der Waals surface area contributed by atoms with Gasteiger partial charge in [-0.1, -0.05) is 18.2 Å². The van der Waals surface area contributed by atoms with Crippen molar-refractivity contribution >= 4 is 80.8 Å². The van der Waals surface area contributed by atoms with Crippen molar-refractivity contribution in [3.05, 3.63) is 101 Å². The molecular weight excluding hydrogens is 891 g/mol. The second kappa shape index (κ2) is 23.0. The van der Waals surface area contributed by atoms with Gasteiger partial charge in [0.15, 0.2) is 0 Å². The lowest BCUT2D eigenvalue weighted by atomic mass is 10.1. The third-order valence-electron chi connectivity index (χ3n) is 10.2. The number of hydrogen-bond acceptors (Lipinski definition) is 14. The molecule has 0 aliphatic rings. The van der Waals surface area contributed by atoms with Gasteiger partial charge in [0.1, 0.15) is 40.5 Å². The Kier molecular flexibility index (Phi) is 16.8. The standard InChI is InChI=1S/C46H57N15O6S/c1-7-51-35(20-28(3)47)43(64)55-45-53-33-22-31(42(49)63)25-38(67-18-13-19-68-6)40(33)59(45)15-9-10-16-60-39-34(54-46(60)56-44(65)36-21-29(4)57-61(36)8-2)23-30(41(48)62)24-37(39)66-17-12-11-14-58-27-32(50-5)26-52-58/h9-12,20-27,50H,7-8,13-19,47H2,1-6H3,(H2,48,62)(H2,49,63)(H,53,55,64)(H,54,56,65)/b10-9+,12-11+,28-20-,51-35?. The van der Waals surface area contributed by atoms with Crippen molar-refractivity contribution in [2.45, 2.75) is 60.3 Å². The first-order chi connectivity index (χ1) is 32.7. The third kappa shape index (κ3) is 12.1. The summed E-state index contributed by atoms with van der Waals surface area (Å²) in [7, 11) is 1.82. The lowest BCUT2D eigenvalue weighted by Gasteiger charge is -2.13. The summed E-state index contributed by atoms with van der Waals surface area (Å²) >= 11 is 1.68. The molecule has 0 atom stereocenters. The number of aryl methyl sites for hydroxylation is 2. The fourth-order valence-corrected chi connectivity index (χ4v) is 7.51. The first kappa shape index (κ1) is 49.6. The molecule has 0 bridgehead atoms. The quantitative estimate of drug-likeness (QED) is 0.0268. The summed E-state index contributed by atoms with van der Waals surface area (Å²) in [6, 6.07) is 7.87. The van der Waals surface area contributed by atoms with E-state index in [1.165, 1.54) is 6.08 Å². The van der Waals surface area contributed by atoms with E-state index in [0.29, 0.717) is 76.9 Å². The number of carbonyl (C=O) groups is 4. The maximum absolute atomic E-state index is 13.9. The number of rotatable bonds is 24. The number of aliphatic imine (C=N–C) groups is 1. The van der Waals surface area contributed by atoms with Crippen LogP contribution in [0.5, 0.6) is 11.5 Å². The number of primary amides is 2. The van der Waals surface area contributed by atoms with Gasteiger partial charge in [-0.25, -0.2) is 9.97 Å². The molecule has 4 heterocycles. The predicted molar refractivity (Wildman–Crippen MR) is 266 cm³/mol. The van der Waals surface area contributed by atoms with Crippen LogP contribution in [0.4, 0.5) is 17.6 Å². The number of nitrogens with one attached hydrogen (secondary N) is 3. The van der Waals surface area contributed by atoms with Gasteiger partial charge in [-0.2, -0.15) is 22.0 Å². The van der Waals surface area contributed by atoms with Crippen LogP contribution in [-0.2, 0) is 31.0 Å². The number of ether oxygens (including phenoxy) is 2. The number of benzene rings is 2. The molecule has 9 N–H and O–H groups in total. The second-order valence-corrected chi connectivity index (χ2v) is 16.3. The maximum Gasteiger partial charge on any atom is 0.276 e. The average Bonchev–Trinajstić information content (AvgIpc) is 4.10. The van der Waals surface area contributed by atoms with Crippen molar-refractivity contribution in [1.29, 1.82) is 0 Å². The van der Waals surface area contributed by atoms with Gasteiger partial charge in [0, 0.05) is 56.2 Å². The Labute approximate surface area is 396 Å². The summed E-state index contributed by atoms with van der Waals surface area (Å²) in [6.45, 7) is 9.11. The number of carbonyl (C=O) groups excluding carboxylic acids is 4. The molecule has 0 saturated carbocycles. The predicted octanol–water partition coefficient (Wildman–Crippen LogP) is 4.88. The first-order valence-corrected chi connectivity index (χ1v) is 23.2. The van der Waals surface area contributed by atoms with E-state index in [1.54, 1.807) is 87.6 Å². The van der Waals surface area contributed by atoms with Gasteiger partial charge in [-0.15, -0.1) is 0 Å². The first-order valence-electron chi connectivity index (χ1n) is 21.8. The van der Waals surface area contributed by atoms with Gasteiger partial charge >= 0.3 is 0 Å². The fourth-order valence-electron chi connectivity index (χ4n) is 7.11. The number of aromatic nitrogens is 8. The second-order valence-electron chi connectivity index (χ2n) is 15.3. The molecule has 0 radical (unpaired) electrons. The number of anilines is 3. The number of amides is 4. The summed E-state index contributed by atoms with van der Waals surface area (Å²) < 4.78 is 19.4. The maximum atomic E-state index is 13.9. The number of allylic oxidation sites excluding steroid dienone is 4. The third-order valence-corrected chi connectivity index (χ3v) is 10.9. The van der Waals surface area contributed by atoms with Crippen LogP contribution in [0.25, 0.3) is 22.1 Å². The molecule has 0 unspecified atom stereocenters. The molecule has 4 aromatic heterocycles. The minimum Gasteiger partial charge on any atom is -0.491 e. The molecule has 6 aromatic rings. The Morgan fingerprint density at radius 2 is 1.46 bits per heavy atom. The fraction of sp³-hybridized carbons (Fsp3) is 0.326. The van der Waals surface area contributed by atoms with Crippen molar-refractivity contribution in [1.82, 2.24) is 38.7 Å². The highest BCUT2D eigenvalue weighted by molar-refractivity contribution is 7.98. The summed E-state index contributed by atoms with van der Waals surface area (Å²) in [5.74, 6) is -0.596. The SMILES string of the molecule is CCN=C(/C=C(/C)N)C(=O)Nc1nc2cc(C(N)=O)cc(OCCCSC)c2n1C/C=C/Cn1c(NC(=O)c2cc(C)nn2CC)nc2cc(C(N)=O)cc(OC/C=C/Cn3cc(NC)cn3)c21. The van der Waals surface area contributed by atoms with E-state index in [4.69, 9.17) is 36.6 Å². The van der Waals surface area contributed by atoms with E-state index >= 15 is 0 Å².